The molecule has 7 heteroatoms. The Hall–Kier alpha value is -3.06. The van der Waals surface area contributed by atoms with Gasteiger partial charge in [0.15, 0.2) is 0 Å². The standard InChI is InChI=1S/C23H26N2O5/c1-15-13-18(15)21-7-4-17(30-21)5-8-22(26)24-20-6-3-16(14-19(20)23(27)28-2)25-9-11-29-12-10-25/h3-8,14-15,18H,9-13H2,1-2H3,(H,24,26)/b8-5+. The summed E-state index contributed by atoms with van der Waals surface area (Å²) in [4.78, 5) is 26.8. The summed E-state index contributed by atoms with van der Waals surface area (Å²) in [6, 6.07) is 9.17. The summed E-state index contributed by atoms with van der Waals surface area (Å²) in [7, 11) is 1.32. The number of hydrogen-bond donors (Lipinski definition) is 1. The van der Waals surface area contributed by atoms with Crippen LogP contribution in [0.4, 0.5) is 11.4 Å². The molecule has 158 valence electrons. The smallest absolute Gasteiger partial charge is 0.340 e. The van der Waals surface area contributed by atoms with Crippen molar-refractivity contribution in [3.05, 3.63) is 53.5 Å². The van der Waals surface area contributed by atoms with Crippen molar-refractivity contribution in [1.82, 2.24) is 0 Å². The lowest BCUT2D eigenvalue weighted by Gasteiger charge is -2.29. The number of benzene rings is 1. The molecule has 2 aromatic rings. The molecule has 2 fully saturated rings. The summed E-state index contributed by atoms with van der Waals surface area (Å²) >= 11 is 0. The van der Waals surface area contributed by atoms with Gasteiger partial charge in [-0.15, -0.1) is 0 Å². The SMILES string of the molecule is COC(=O)c1cc(N2CCOCC2)ccc1NC(=O)/C=C/c1ccc(C2CC2C)o1. The number of ether oxygens (including phenoxy) is 2. The van der Waals surface area contributed by atoms with Crippen molar-refractivity contribution in [2.24, 2.45) is 5.92 Å². The number of nitrogens with one attached hydrogen (secondary N) is 1. The molecule has 0 bridgehead atoms. The summed E-state index contributed by atoms with van der Waals surface area (Å²) in [5, 5.41) is 2.76. The Morgan fingerprint density at radius 2 is 1.97 bits per heavy atom. The molecule has 2 atom stereocenters. The maximum atomic E-state index is 12.4. The number of furan rings is 1. The van der Waals surface area contributed by atoms with Gasteiger partial charge in [0, 0.05) is 30.8 Å². The number of nitrogens with zero attached hydrogens (tertiary/aromatic N) is 1. The van der Waals surface area contributed by atoms with Gasteiger partial charge < -0.3 is 24.1 Å². The minimum absolute atomic E-state index is 0.311. The number of morpholine rings is 1. The summed E-state index contributed by atoms with van der Waals surface area (Å²) in [5.74, 6) is 1.90. The Morgan fingerprint density at radius 3 is 2.67 bits per heavy atom. The summed E-state index contributed by atoms with van der Waals surface area (Å²) in [6.45, 7) is 4.98. The van der Waals surface area contributed by atoms with Crippen LogP contribution in [0.2, 0.25) is 0 Å². The van der Waals surface area contributed by atoms with Gasteiger partial charge in [-0.05, 0) is 48.7 Å². The zero-order valence-electron chi connectivity index (χ0n) is 17.2. The van der Waals surface area contributed by atoms with Gasteiger partial charge >= 0.3 is 5.97 Å². The highest BCUT2D eigenvalue weighted by Gasteiger charge is 2.36. The van der Waals surface area contributed by atoms with Gasteiger partial charge in [0.1, 0.15) is 11.5 Å². The molecular formula is C23H26N2O5. The quantitative estimate of drug-likeness (QED) is 0.578. The Balaban J connectivity index is 1.46. The molecular weight excluding hydrogens is 384 g/mol. The maximum Gasteiger partial charge on any atom is 0.340 e. The first-order valence-corrected chi connectivity index (χ1v) is 10.2. The van der Waals surface area contributed by atoms with Crippen LogP contribution in [-0.4, -0.2) is 45.3 Å². The van der Waals surface area contributed by atoms with Gasteiger partial charge in [-0.3, -0.25) is 4.79 Å². The Morgan fingerprint density at radius 1 is 1.20 bits per heavy atom. The lowest BCUT2D eigenvalue weighted by molar-refractivity contribution is -0.111. The van der Waals surface area contributed by atoms with Crippen LogP contribution in [-0.2, 0) is 14.3 Å². The van der Waals surface area contributed by atoms with E-state index in [2.05, 4.69) is 17.1 Å². The monoisotopic (exact) mass is 410 g/mol. The Labute approximate surface area is 175 Å². The molecule has 2 aliphatic rings. The third-order valence-electron chi connectivity index (χ3n) is 5.56. The third-order valence-corrected chi connectivity index (χ3v) is 5.56. The molecule has 1 saturated carbocycles. The number of rotatable bonds is 6. The second kappa shape index (κ2) is 8.75. The van der Waals surface area contributed by atoms with Crippen LogP contribution in [0.3, 0.4) is 0 Å². The average Bonchev–Trinajstić information content (AvgIpc) is 3.31. The highest BCUT2D eigenvalue weighted by molar-refractivity contribution is 6.06. The maximum absolute atomic E-state index is 12.4. The van der Waals surface area contributed by atoms with E-state index in [-0.39, 0.29) is 5.91 Å². The van der Waals surface area contributed by atoms with E-state index >= 15 is 0 Å². The molecule has 30 heavy (non-hydrogen) atoms. The highest BCUT2D eigenvalue weighted by Crippen LogP contribution is 2.47. The number of anilines is 2. The van der Waals surface area contributed by atoms with E-state index in [0.29, 0.717) is 42.1 Å². The zero-order chi connectivity index (χ0) is 21.1. The lowest BCUT2D eigenvalue weighted by atomic mass is 10.1. The molecule has 1 aliphatic heterocycles. The van der Waals surface area contributed by atoms with E-state index in [9.17, 15) is 9.59 Å². The van der Waals surface area contributed by atoms with Crippen molar-refractivity contribution in [3.8, 4) is 0 Å². The van der Waals surface area contributed by atoms with Crippen LogP contribution in [0, 0.1) is 5.92 Å². The fourth-order valence-electron chi connectivity index (χ4n) is 3.65. The first kappa shape index (κ1) is 20.2. The van der Waals surface area contributed by atoms with Crippen molar-refractivity contribution in [3.63, 3.8) is 0 Å². The first-order chi connectivity index (χ1) is 14.5. The molecule has 1 saturated heterocycles. The van der Waals surface area contributed by atoms with Crippen molar-refractivity contribution in [2.45, 2.75) is 19.3 Å². The van der Waals surface area contributed by atoms with Crippen LogP contribution in [0.5, 0.6) is 0 Å². The van der Waals surface area contributed by atoms with Crippen molar-refractivity contribution in [2.75, 3.05) is 43.6 Å². The van der Waals surface area contributed by atoms with Gasteiger partial charge in [0.2, 0.25) is 5.91 Å². The molecule has 1 aromatic heterocycles. The van der Waals surface area contributed by atoms with Gasteiger partial charge in [-0.25, -0.2) is 4.79 Å². The summed E-state index contributed by atoms with van der Waals surface area (Å²) in [6.07, 6.45) is 4.18. The summed E-state index contributed by atoms with van der Waals surface area (Å²) < 4.78 is 16.1. The minimum Gasteiger partial charge on any atom is -0.465 e. The largest absolute Gasteiger partial charge is 0.465 e. The predicted molar refractivity (Wildman–Crippen MR) is 114 cm³/mol. The molecule has 2 unspecified atom stereocenters. The van der Waals surface area contributed by atoms with E-state index in [1.807, 2.05) is 18.2 Å². The predicted octanol–water partition coefficient (Wildman–Crippen LogP) is 3.68. The highest BCUT2D eigenvalue weighted by atomic mass is 16.5. The second-order valence-electron chi connectivity index (χ2n) is 7.70. The van der Waals surface area contributed by atoms with Gasteiger partial charge in [0.25, 0.3) is 0 Å². The molecule has 1 aliphatic carbocycles. The van der Waals surface area contributed by atoms with Gasteiger partial charge in [-0.1, -0.05) is 6.92 Å². The van der Waals surface area contributed by atoms with Gasteiger partial charge in [-0.2, -0.15) is 0 Å². The van der Waals surface area contributed by atoms with Crippen LogP contribution in [0.15, 0.2) is 40.8 Å². The lowest BCUT2D eigenvalue weighted by Crippen LogP contribution is -2.36. The number of hydrogen-bond acceptors (Lipinski definition) is 6. The molecule has 1 N–H and O–H groups in total. The Bertz CT molecular complexity index is 958. The molecule has 2 heterocycles. The molecule has 0 radical (unpaired) electrons. The van der Waals surface area contributed by atoms with Gasteiger partial charge in [0.05, 0.1) is 31.6 Å². The number of carbonyl (C=O) groups excluding carboxylic acids is 2. The Kier molecular flexibility index (Phi) is 5.90. The molecule has 0 spiro atoms. The third kappa shape index (κ3) is 4.57. The molecule has 1 amide bonds. The van der Waals surface area contributed by atoms with E-state index in [1.165, 1.54) is 13.2 Å². The van der Waals surface area contributed by atoms with E-state index < -0.39 is 5.97 Å². The van der Waals surface area contributed by atoms with E-state index in [4.69, 9.17) is 13.9 Å². The zero-order valence-corrected chi connectivity index (χ0v) is 17.2. The second-order valence-corrected chi connectivity index (χ2v) is 7.70. The molecule has 7 nitrogen and oxygen atoms in total. The topological polar surface area (TPSA) is 81.0 Å². The average molecular weight is 410 g/mol. The van der Waals surface area contributed by atoms with Crippen LogP contribution < -0.4 is 10.2 Å². The van der Waals surface area contributed by atoms with Crippen LogP contribution in [0.1, 0.15) is 41.1 Å². The summed E-state index contributed by atoms with van der Waals surface area (Å²) in [5.41, 5.74) is 1.61. The molecule has 4 rings (SSSR count). The number of amides is 1. The van der Waals surface area contributed by atoms with E-state index in [0.717, 1.165) is 31.0 Å². The number of methoxy groups -OCH3 is 1. The van der Waals surface area contributed by atoms with Crippen LogP contribution >= 0.6 is 0 Å². The van der Waals surface area contributed by atoms with Crippen molar-refractivity contribution < 1.29 is 23.5 Å². The first-order valence-electron chi connectivity index (χ1n) is 10.2. The number of carbonyl (C=O) groups is 2. The fraction of sp³-hybridized carbons (Fsp3) is 0.391. The number of esters is 1. The fourth-order valence-corrected chi connectivity index (χ4v) is 3.65. The molecule has 1 aromatic carbocycles. The van der Waals surface area contributed by atoms with E-state index in [1.54, 1.807) is 18.2 Å². The minimum atomic E-state index is -0.501. The van der Waals surface area contributed by atoms with Crippen LogP contribution in [0.25, 0.3) is 6.08 Å². The van der Waals surface area contributed by atoms with Crippen molar-refractivity contribution >= 4 is 29.3 Å². The van der Waals surface area contributed by atoms with Crippen molar-refractivity contribution in [1.29, 1.82) is 0 Å². The normalized spacial score (nSPS) is 20.9.